The van der Waals surface area contributed by atoms with Crippen LogP contribution in [0.2, 0.25) is 0 Å². The van der Waals surface area contributed by atoms with E-state index in [4.69, 9.17) is 9.47 Å². The zero-order valence-corrected chi connectivity index (χ0v) is 10.8. The number of nitrogens with one attached hydrogen (secondary N) is 1. The van der Waals surface area contributed by atoms with Crippen LogP contribution in [0.4, 0.5) is 0 Å². The lowest BCUT2D eigenvalue weighted by Gasteiger charge is -2.12. The number of ether oxygens (including phenoxy) is 2. The first-order valence-corrected chi connectivity index (χ1v) is 6.29. The number of allylic oxidation sites excluding steroid dienone is 1. The minimum Gasteiger partial charge on any atom is -0.458 e. The van der Waals surface area contributed by atoms with E-state index in [2.05, 4.69) is 5.32 Å². The van der Waals surface area contributed by atoms with Gasteiger partial charge in [0.15, 0.2) is 0 Å². The Labute approximate surface area is 110 Å². The zero-order chi connectivity index (χ0) is 13.6. The van der Waals surface area contributed by atoms with Gasteiger partial charge in [0.1, 0.15) is 0 Å². The van der Waals surface area contributed by atoms with Crippen LogP contribution < -0.4 is 5.32 Å². The van der Waals surface area contributed by atoms with Crippen molar-refractivity contribution in [3.05, 3.63) is 35.1 Å². The van der Waals surface area contributed by atoms with Crippen molar-refractivity contribution in [1.82, 2.24) is 5.32 Å². The van der Waals surface area contributed by atoms with E-state index >= 15 is 0 Å². The number of esters is 1. The van der Waals surface area contributed by atoms with Crippen LogP contribution in [-0.2, 0) is 19.1 Å². The number of amides is 1. The average Bonchev–Trinajstić information content (AvgIpc) is 2.99. The molecule has 5 heteroatoms. The number of hydrogen-bond donors (Lipinski definition) is 1. The van der Waals surface area contributed by atoms with Gasteiger partial charge in [0.25, 0.3) is 12.2 Å². The first-order valence-electron chi connectivity index (χ1n) is 6.29. The summed E-state index contributed by atoms with van der Waals surface area (Å²) in [6, 6.07) is 0.0758. The van der Waals surface area contributed by atoms with E-state index in [1.165, 1.54) is 6.26 Å². The van der Waals surface area contributed by atoms with E-state index in [1.54, 1.807) is 13.8 Å². The Kier molecular flexibility index (Phi) is 2.69. The van der Waals surface area contributed by atoms with Crippen LogP contribution >= 0.6 is 0 Å². The third-order valence-electron chi connectivity index (χ3n) is 3.91. The van der Waals surface area contributed by atoms with Crippen molar-refractivity contribution >= 4 is 11.9 Å². The summed E-state index contributed by atoms with van der Waals surface area (Å²) < 4.78 is 10.5. The Morgan fingerprint density at radius 3 is 2.89 bits per heavy atom. The molecule has 3 rings (SSSR count). The number of carbonyl (C=O) groups is 2. The van der Waals surface area contributed by atoms with Crippen LogP contribution in [0.5, 0.6) is 0 Å². The Morgan fingerprint density at radius 2 is 2.21 bits per heavy atom. The average molecular weight is 261 g/mol. The van der Waals surface area contributed by atoms with Crippen molar-refractivity contribution in [1.29, 1.82) is 0 Å². The summed E-state index contributed by atoms with van der Waals surface area (Å²) in [6.45, 7) is 3.49. The highest BCUT2D eigenvalue weighted by Gasteiger charge is 2.38. The van der Waals surface area contributed by atoms with E-state index < -0.39 is 6.29 Å². The maximum absolute atomic E-state index is 11.8. The second-order valence-corrected chi connectivity index (χ2v) is 5.02. The number of hydrogen-bond acceptors (Lipinski definition) is 4. The smallest absolute Gasteiger partial charge is 0.337 e. The van der Waals surface area contributed by atoms with Crippen LogP contribution in [0.3, 0.4) is 0 Å². The van der Waals surface area contributed by atoms with Crippen molar-refractivity contribution in [2.24, 2.45) is 5.92 Å². The zero-order valence-electron chi connectivity index (χ0n) is 10.8. The molecule has 100 valence electrons. The molecular weight excluding hydrogens is 246 g/mol. The van der Waals surface area contributed by atoms with E-state index in [-0.39, 0.29) is 23.8 Å². The standard InChI is InChI=1S/C14H15NO4/c1-7-8(2)14(19-13(7)17)18-6-10-9-4-3-5-11(9)15-12(10)16/h3,5-6,9,11,14H,4H2,1-2H3,(H,15,16)/b10-6+/t9-,11-,14?/m1/s1. The van der Waals surface area contributed by atoms with Crippen molar-refractivity contribution in [3.63, 3.8) is 0 Å². The molecule has 0 radical (unpaired) electrons. The predicted molar refractivity (Wildman–Crippen MR) is 66.6 cm³/mol. The lowest BCUT2D eigenvalue weighted by Crippen LogP contribution is -2.24. The van der Waals surface area contributed by atoms with E-state index in [1.807, 2.05) is 12.2 Å². The molecule has 0 bridgehead atoms. The largest absolute Gasteiger partial charge is 0.458 e. The van der Waals surface area contributed by atoms with Crippen molar-refractivity contribution < 1.29 is 19.1 Å². The second-order valence-electron chi connectivity index (χ2n) is 5.02. The van der Waals surface area contributed by atoms with Gasteiger partial charge in [-0.3, -0.25) is 4.79 Å². The van der Waals surface area contributed by atoms with Gasteiger partial charge >= 0.3 is 5.97 Å². The molecule has 19 heavy (non-hydrogen) atoms. The van der Waals surface area contributed by atoms with Crippen molar-refractivity contribution in [2.75, 3.05) is 0 Å². The third kappa shape index (κ3) is 1.85. The maximum Gasteiger partial charge on any atom is 0.337 e. The molecule has 1 N–H and O–H groups in total. The number of cyclic esters (lactones) is 1. The van der Waals surface area contributed by atoms with E-state index in [9.17, 15) is 9.59 Å². The van der Waals surface area contributed by atoms with Gasteiger partial charge in [0.05, 0.1) is 17.9 Å². The van der Waals surface area contributed by atoms with Crippen molar-refractivity contribution in [2.45, 2.75) is 32.6 Å². The molecule has 1 unspecified atom stereocenters. The molecule has 1 fully saturated rings. The van der Waals surface area contributed by atoms with E-state index in [0.29, 0.717) is 11.1 Å². The van der Waals surface area contributed by atoms with Crippen LogP contribution in [0.15, 0.2) is 35.1 Å². The molecule has 1 amide bonds. The highest BCUT2D eigenvalue weighted by molar-refractivity contribution is 5.97. The molecule has 0 saturated carbocycles. The summed E-state index contributed by atoms with van der Waals surface area (Å²) in [7, 11) is 0. The Morgan fingerprint density at radius 1 is 1.42 bits per heavy atom. The Balaban J connectivity index is 1.74. The fourth-order valence-corrected chi connectivity index (χ4v) is 2.54. The number of carbonyl (C=O) groups excluding carboxylic acids is 2. The van der Waals surface area contributed by atoms with Crippen molar-refractivity contribution in [3.8, 4) is 0 Å². The van der Waals surface area contributed by atoms with Crippen LogP contribution in [-0.4, -0.2) is 24.2 Å². The highest BCUT2D eigenvalue weighted by atomic mass is 16.7. The Bertz CT molecular complexity index is 544. The molecule has 3 aliphatic rings. The lowest BCUT2D eigenvalue weighted by atomic mass is 9.99. The molecule has 1 saturated heterocycles. The van der Waals surface area contributed by atoms with Crippen LogP contribution in [0.1, 0.15) is 20.3 Å². The number of rotatable bonds is 2. The quantitative estimate of drug-likeness (QED) is 0.351. The fraction of sp³-hybridized carbons (Fsp3) is 0.429. The fourth-order valence-electron chi connectivity index (χ4n) is 2.54. The van der Waals surface area contributed by atoms with Gasteiger partial charge in [0, 0.05) is 17.1 Å². The summed E-state index contributed by atoms with van der Waals surface area (Å²) in [5.41, 5.74) is 1.93. The summed E-state index contributed by atoms with van der Waals surface area (Å²) in [5.74, 6) is -0.339. The van der Waals surface area contributed by atoms with Crippen LogP contribution in [0, 0.1) is 5.92 Å². The summed E-state index contributed by atoms with van der Waals surface area (Å²) in [4.78, 5) is 23.2. The monoisotopic (exact) mass is 261 g/mol. The first-order chi connectivity index (χ1) is 9.08. The van der Waals surface area contributed by atoms with Gasteiger partial charge < -0.3 is 14.8 Å². The lowest BCUT2D eigenvalue weighted by molar-refractivity contribution is -0.153. The molecule has 0 aromatic carbocycles. The second kappa shape index (κ2) is 4.26. The third-order valence-corrected chi connectivity index (χ3v) is 3.91. The molecule has 0 aromatic heterocycles. The minimum atomic E-state index is -0.707. The van der Waals surface area contributed by atoms with Gasteiger partial charge in [-0.1, -0.05) is 12.2 Å². The molecule has 0 spiro atoms. The molecule has 1 aliphatic carbocycles. The normalized spacial score (nSPS) is 34.8. The summed E-state index contributed by atoms with van der Waals surface area (Å²) >= 11 is 0. The topological polar surface area (TPSA) is 64.6 Å². The molecule has 5 nitrogen and oxygen atoms in total. The SMILES string of the molecule is CC1=C(C)C(O/C=C2/C(=O)N[C@@H]3C=CC[C@H]23)OC1=O. The molecular formula is C14H15NO4. The number of fused-ring (bicyclic) bond motifs is 1. The summed E-state index contributed by atoms with van der Waals surface area (Å²) in [5, 5.41) is 2.88. The van der Waals surface area contributed by atoms with Gasteiger partial charge in [-0.25, -0.2) is 4.79 Å². The maximum atomic E-state index is 11.8. The minimum absolute atomic E-state index is 0.0758. The molecule has 2 heterocycles. The van der Waals surface area contributed by atoms with Gasteiger partial charge in [0.2, 0.25) is 0 Å². The van der Waals surface area contributed by atoms with Gasteiger partial charge in [-0.15, -0.1) is 0 Å². The first kappa shape index (κ1) is 12.0. The highest BCUT2D eigenvalue weighted by Crippen LogP contribution is 2.32. The predicted octanol–water partition coefficient (Wildman–Crippen LogP) is 1.18. The van der Waals surface area contributed by atoms with E-state index in [0.717, 1.165) is 12.0 Å². The Hall–Kier alpha value is -2.04. The molecule has 3 atom stereocenters. The molecule has 0 aromatic rings. The van der Waals surface area contributed by atoms with Gasteiger partial charge in [-0.2, -0.15) is 0 Å². The summed E-state index contributed by atoms with van der Waals surface area (Å²) in [6.07, 6.45) is 5.60. The molecule has 2 aliphatic heterocycles. The van der Waals surface area contributed by atoms with Gasteiger partial charge in [-0.05, 0) is 20.3 Å². The van der Waals surface area contributed by atoms with Crippen LogP contribution in [0.25, 0.3) is 0 Å².